The van der Waals surface area contributed by atoms with E-state index in [2.05, 4.69) is 0 Å². The third-order valence-electron chi connectivity index (χ3n) is 12.8. The fourth-order valence-electron chi connectivity index (χ4n) is 6.25. The number of nitrogens with zero attached hydrogens (tertiary/aromatic N) is 1. The first kappa shape index (κ1) is 98.3. The van der Waals surface area contributed by atoms with Crippen molar-refractivity contribution in [3.05, 3.63) is 12.1 Å². The van der Waals surface area contributed by atoms with Crippen molar-refractivity contribution < 1.29 is 299 Å². The molecule has 1 atom stereocenters. The molecule has 0 bridgehead atoms. The Morgan fingerprint density at radius 3 is 0.346 bits per heavy atom. The molecule has 0 aliphatic carbocycles. The van der Waals surface area contributed by atoms with Crippen LogP contribution in [0.4, 0.5) is 294 Å². The van der Waals surface area contributed by atoms with Crippen LogP contribution in [0.15, 0.2) is 12.1 Å². The first-order chi connectivity index (χ1) is 43.6. The Morgan fingerprint density at radius 1 is 0.163 bits per heavy atom. The topological polar surface area (TPSA) is 33.0 Å². The predicted octanol–water partition coefficient (Wildman–Crippen LogP) is 21.8. The second kappa shape index (κ2) is 23.9. The molecule has 0 aromatic rings. The van der Waals surface area contributed by atoms with Gasteiger partial charge in [0.1, 0.15) is 6.07 Å². The lowest BCUT2D eigenvalue weighted by molar-refractivity contribution is -0.501. The molecule has 69 heteroatoms. The number of halogens is 67. The Bertz CT molecular complexity index is 3200. The van der Waals surface area contributed by atoms with E-state index in [9.17, 15) is 294 Å². The number of hydrogen-bond acceptors (Lipinski definition) is 2. The zero-order chi connectivity index (χ0) is 86.6. The van der Waals surface area contributed by atoms with Gasteiger partial charge in [-0.15, -0.1) is 0 Å². The van der Waals surface area contributed by atoms with Gasteiger partial charge < -0.3 is 4.74 Å². The van der Waals surface area contributed by atoms with E-state index in [1.165, 1.54) is 4.74 Å². The van der Waals surface area contributed by atoms with Gasteiger partial charge in [0.15, 0.2) is 0 Å². The molecule has 2 nitrogen and oxygen atoms in total. The number of rotatable bonds is 32. The summed E-state index contributed by atoms with van der Waals surface area (Å²) in [6.07, 6.45) is -21.9. The molecule has 0 saturated carbocycles. The molecule has 0 spiro atoms. The van der Waals surface area contributed by atoms with Crippen molar-refractivity contribution in [1.29, 1.82) is 5.26 Å². The maximum Gasteiger partial charge on any atom is 0.472 e. The van der Waals surface area contributed by atoms with E-state index in [1.54, 1.807) is 0 Å². The lowest BCUT2D eigenvalue weighted by atomic mass is 9.80. The molecule has 0 aromatic heterocycles. The summed E-state index contributed by atoms with van der Waals surface area (Å²) in [5.74, 6) is -316. The molecular weight excluding hydrogens is 1720 g/mol. The summed E-state index contributed by atoms with van der Waals surface area (Å²) in [5, 5.41) is 7.78. The summed E-state index contributed by atoms with van der Waals surface area (Å²) in [6, 6.07) is -6.79. The van der Waals surface area contributed by atoms with E-state index in [0.29, 0.717) is 0 Å². The molecule has 0 aliphatic rings. The van der Waals surface area contributed by atoms with Crippen LogP contribution in [0.1, 0.15) is 0 Å². The molecule has 1 unspecified atom stereocenters. The second-order valence-corrected chi connectivity index (χ2v) is 19.1. The molecule has 0 amide bonds. The van der Waals surface area contributed by atoms with Crippen LogP contribution in [-0.2, 0) is 4.74 Å². The lowest BCUT2D eigenvalue weighted by Gasteiger charge is -2.48. The summed E-state index contributed by atoms with van der Waals surface area (Å²) in [5.41, 5.74) is -8.46. The van der Waals surface area contributed by atoms with Crippen molar-refractivity contribution in [3.8, 4) is 6.07 Å². The molecule has 0 radical (unpaired) electrons. The lowest BCUT2D eigenvalue weighted by Crippen LogP contribution is -2.81. The largest absolute Gasteiger partial charge is 0.472 e. The zero-order valence-electron chi connectivity index (χ0n) is 43.7. The normalized spacial score (nSPS) is 17.6. The van der Waals surface area contributed by atoms with E-state index in [1.807, 2.05) is 0 Å². The van der Waals surface area contributed by atoms with E-state index in [4.69, 9.17) is 5.26 Å². The van der Waals surface area contributed by atoms with E-state index >= 15 is 0 Å². The predicted molar refractivity (Wildman–Crippen MR) is 175 cm³/mol. The van der Waals surface area contributed by atoms with Crippen LogP contribution < -0.4 is 0 Å². The summed E-state index contributed by atoms with van der Waals surface area (Å²) < 4.78 is 937. The Hall–Kier alpha value is -5.66. The van der Waals surface area contributed by atoms with E-state index < -0.39 is 208 Å². The highest BCUT2D eigenvalue weighted by Crippen LogP contribution is 2.75. The van der Waals surface area contributed by atoms with Gasteiger partial charge in [-0.2, -0.15) is 295 Å². The Balaban J connectivity index is 8.48. The average molecular weight is 1720 g/mol. The first-order valence-corrected chi connectivity index (χ1v) is 21.5. The van der Waals surface area contributed by atoms with Crippen molar-refractivity contribution in [2.75, 3.05) is 0 Å². The van der Waals surface area contributed by atoms with E-state index in [0.717, 1.165) is 0 Å². The molecule has 104 heavy (non-hydrogen) atoms. The minimum absolute atomic E-state index is 1.19. The van der Waals surface area contributed by atoms with Crippen LogP contribution in [0.2, 0.25) is 0 Å². The van der Waals surface area contributed by atoms with Crippen molar-refractivity contribution in [3.63, 3.8) is 0 Å². The molecule has 0 aromatic carbocycles. The summed E-state index contributed by atoms with van der Waals surface area (Å²) in [7, 11) is 0. The molecule has 0 fully saturated rings. The van der Waals surface area contributed by atoms with Crippen LogP contribution in [0.3, 0.4) is 0 Å². The van der Waals surface area contributed by atoms with Gasteiger partial charge in [0.2, 0.25) is 0 Å². The minimum atomic E-state index is -11.4. The molecule has 0 saturated heterocycles. The molecule has 0 N–H and O–H groups in total. The monoisotopic (exact) mass is 1720 g/mol. The van der Waals surface area contributed by atoms with Crippen molar-refractivity contribution in [2.45, 2.75) is 190 Å². The van der Waals surface area contributed by atoms with Gasteiger partial charge in [-0.05, 0) is 0 Å². The Labute approximate surface area is 513 Å². The number of ether oxygens (including phenoxy) is 1. The van der Waals surface area contributed by atoms with Gasteiger partial charge in [0, 0.05) is 0 Å². The summed E-state index contributed by atoms with van der Waals surface area (Å²) in [6.45, 7) is 0. The first-order valence-electron chi connectivity index (χ1n) is 21.5. The van der Waals surface area contributed by atoms with Crippen LogP contribution in [0, 0.1) is 11.3 Å². The molecule has 0 heterocycles. The van der Waals surface area contributed by atoms with Gasteiger partial charge in [-0.25, -0.2) is 4.39 Å². The average Bonchev–Trinajstić information content (AvgIpc) is 0.679. The Kier molecular flexibility index (Phi) is 22.6. The highest BCUT2D eigenvalue weighted by Gasteiger charge is 3.07. The van der Waals surface area contributed by atoms with Crippen molar-refractivity contribution >= 4 is 0 Å². The summed E-state index contributed by atoms with van der Waals surface area (Å²) >= 11 is 0. The Morgan fingerprint density at radius 2 is 0.260 bits per heavy atom. The summed E-state index contributed by atoms with van der Waals surface area (Å²) in [4.78, 5) is 0. The highest BCUT2D eigenvalue weighted by atomic mass is 19.5. The quantitative estimate of drug-likeness (QED) is 0.0497. The van der Waals surface area contributed by atoms with Crippen molar-refractivity contribution in [2.24, 2.45) is 0 Å². The standard InChI is InChI=1S/C35F67NO/c36-2(37)3(38)104-35(101,102)33(96,97)32(94,95)31(92,93)30(90,91)29(88,89)28(86,87)27(84,85)26(82,83)25(80,81)24(78,79)23(76,77)22(74,75)21(72,73)20(70,71)19(68,69)18(66,67)17(64,65)16(62,63)15(60,61)14(58,59)13(56,57)12(54,55)11(52,53)10(50,51)9(48,49)8(46,47)7(44,45)6(42,43)5(40,41)4(39,1-103)34(98,99)100. The number of alkyl halides is 64. The molecule has 620 valence electrons. The molecule has 0 aliphatic heterocycles. The van der Waals surface area contributed by atoms with Gasteiger partial charge in [0.25, 0.3) is 0 Å². The van der Waals surface area contributed by atoms with Crippen LogP contribution >= 0.6 is 0 Å². The fourth-order valence-corrected chi connectivity index (χ4v) is 6.25. The number of hydrogen-bond donors (Lipinski definition) is 0. The second-order valence-electron chi connectivity index (χ2n) is 19.1. The molecular formula is C35F67NO. The van der Waals surface area contributed by atoms with Gasteiger partial charge in [-0.3, -0.25) is 0 Å². The van der Waals surface area contributed by atoms with Crippen LogP contribution in [0.25, 0.3) is 0 Å². The van der Waals surface area contributed by atoms with Crippen molar-refractivity contribution in [1.82, 2.24) is 0 Å². The van der Waals surface area contributed by atoms with Gasteiger partial charge >= 0.3 is 202 Å². The fraction of sp³-hybridized carbons (Fsp3) is 0.914. The van der Waals surface area contributed by atoms with E-state index in [-0.39, 0.29) is 0 Å². The SMILES string of the molecule is N#CC(F)(C(F)(F)F)C(F)(F)C(F)(F)C(F)(F)C(F)(F)C(F)(F)C(F)(F)C(F)(F)C(F)(F)C(F)(F)C(F)(F)C(F)(F)C(F)(F)C(F)(F)C(F)(F)C(F)(F)C(F)(F)C(F)(F)C(F)(F)C(F)(F)C(F)(F)C(F)(F)C(F)(F)C(F)(F)C(F)(F)C(F)(F)C(F)(F)C(F)(F)C(F)(F)C(F)(F)C(F)(F)OC(F)=C(F)F. The van der Waals surface area contributed by atoms with Crippen LogP contribution in [0.5, 0.6) is 0 Å². The highest BCUT2D eigenvalue weighted by molar-refractivity contribution is 5.28. The van der Waals surface area contributed by atoms with Crippen LogP contribution in [-0.4, -0.2) is 190 Å². The third kappa shape index (κ3) is 10.8. The van der Waals surface area contributed by atoms with Gasteiger partial charge in [-0.1, -0.05) is 0 Å². The maximum atomic E-state index is 14.3. The maximum absolute atomic E-state index is 14.3. The third-order valence-corrected chi connectivity index (χ3v) is 12.8. The smallest absolute Gasteiger partial charge is 0.397 e. The minimum Gasteiger partial charge on any atom is -0.397 e. The number of nitriles is 1. The molecule has 0 rings (SSSR count). The van der Waals surface area contributed by atoms with Gasteiger partial charge in [0.05, 0.1) is 0 Å². The zero-order valence-corrected chi connectivity index (χ0v) is 43.7.